The van der Waals surface area contributed by atoms with Gasteiger partial charge < -0.3 is 5.32 Å². The quantitative estimate of drug-likeness (QED) is 0.781. The summed E-state index contributed by atoms with van der Waals surface area (Å²) in [5.41, 5.74) is 0.715. The van der Waals surface area contributed by atoms with Gasteiger partial charge in [-0.2, -0.15) is 0 Å². The summed E-state index contributed by atoms with van der Waals surface area (Å²) in [5.74, 6) is 0.135. The number of nitrogens with one attached hydrogen (secondary N) is 1. The third kappa shape index (κ3) is 3.33. The number of likely N-dealkylation sites (N-methyl/N-ethyl adjacent to an activating group) is 1. The summed E-state index contributed by atoms with van der Waals surface area (Å²) in [5, 5.41) is 3.69. The van der Waals surface area contributed by atoms with Gasteiger partial charge in [-0.05, 0) is 37.7 Å². The van der Waals surface area contributed by atoms with Crippen LogP contribution in [0.3, 0.4) is 0 Å². The second kappa shape index (κ2) is 5.89. The topological polar surface area (TPSA) is 29.1 Å². The van der Waals surface area contributed by atoms with E-state index in [4.69, 9.17) is 11.6 Å². The van der Waals surface area contributed by atoms with E-state index in [1.165, 1.54) is 0 Å². The van der Waals surface area contributed by atoms with E-state index in [1.54, 1.807) is 24.3 Å². The zero-order valence-electron chi connectivity index (χ0n) is 9.09. The normalized spacial score (nSPS) is 12.5. The molecule has 3 heteroatoms. The fraction of sp³-hybridized carbons (Fsp3) is 0.417. The molecule has 0 aliphatic heterocycles. The fourth-order valence-electron chi connectivity index (χ4n) is 1.51. The number of halogens is 1. The van der Waals surface area contributed by atoms with Crippen molar-refractivity contribution in [2.45, 2.75) is 25.8 Å². The van der Waals surface area contributed by atoms with Crippen molar-refractivity contribution >= 4 is 17.4 Å². The predicted molar refractivity (Wildman–Crippen MR) is 63.5 cm³/mol. The molecule has 1 aromatic rings. The first-order chi connectivity index (χ1) is 7.19. The molecule has 0 heterocycles. The first-order valence-electron chi connectivity index (χ1n) is 5.16. The van der Waals surface area contributed by atoms with E-state index in [1.807, 2.05) is 7.05 Å². The van der Waals surface area contributed by atoms with Crippen LogP contribution in [0.15, 0.2) is 24.3 Å². The Morgan fingerprint density at radius 1 is 1.40 bits per heavy atom. The highest BCUT2D eigenvalue weighted by Gasteiger charge is 2.16. The first-order valence-corrected chi connectivity index (χ1v) is 5.54. The largest absolute Gasteiger partial charge is 0.310 e. The molecule has 1 aromatic carbocycles. The molecule has 0 amide bonds. The number of carbonyl (C=O) groups is 1. The maximum absolute atomic E-state index is 12.0. The van der Waals surface area contributed by atoms with Crippen LogP contribution in [0.25, 0.3) is 0 Å². The van der Waals surface area contributed by atoms with Crippen LogP contribution in [0.1, 0.15) is 30.1 Å². The Kier molecular flexibility index (Phi) is 4.79. The van der Waals surface area contributed by atoms with E-state index < -0.39 is 0 Å². The van der Waals surface area contributed by atoms with E-state index in [0.717, 1.165) is 12.8 Å². The highest BCUT2D eigenvalue weighted by Crippen LogP contribution is 2.12. The summed E-state index contributed by atoms with van der Waals surface area (Å²) >= 11 is 5.76. The Hall–Kier alpha value is -0.860. The molecule has 0 aliphatic carbocycles. The Morgan fingerprint density at radius 3 is 2.47 bits per heavy atom. The lowest BCUT2D eigenvalue weighted by Gasteiger charge is -2.13. The van der Waals surface area contributed by atoms with Gasteiger partial charge in [-0.1, -0.05) is 24.9 Å². The summed E-state index contributed by atoms with van der Waals surface area (Å²) in [6, 6.07) is 6.94. The highest BCUT2D eigenvalue weighted by atomic mass is 35.5. The van der Waals surface area contributed by atoms with Crippen LogP contribution >= 0.6 is 11.6 Å². The van der Waals surface area contributed by atoms with E-state index >= 15 is 0 Å². The lowest BCUT2D eigenvalue weighted by Crippen LogP contribution is -2.33. The third-order valence-electron chi connectivity index (χ3n) is 2.37. The van der Waals surface area contributed by atoms with Gasteiger partial charge in [0.2, 0.25) is 0 Å². The molecule has 1 atom stereocenters. The van der Waals surface area contributed by atoms with E-state index in [-0.39, 0.29) is 11.8 Å². The Morgan fingerprint density at radius 2 is 2.00 bits per heavy atom. The Labute approximate surface area is 95.6 Å². The van der Waals surface area contributed by atoms with Gasteiger partial charge in [0.25, 0.3) is 0 Å². The average molecular weight is 226 g/mol. The van der Waals surface area contributed by atoms with Crippen molar-refractivity contribution < 1.29 is 4.79 Å². The summed E-state index contributed by atoms with van der Waals surface area (Å²) in [6.45, 7) is 2.07. The third-order valence-corrected chi connectivity index (χ3v) is 2.62. The number of carbonyl (C=O) groups excluding carboxylic acids is 1. The monoisotopic (exact) mass is 225 g/mol. The highest BCUT2D eigenvalue weighted by molar-refractivity contribution is 6.30. The smallest absolute Gasteiger partial charge is 0.179 e. The average Bonchev–Trinajstić information content (AvgIpc) is 2.26. The van der Waals surface area contributed by atoms with Gasteiger partial charge in [0, 0.05) is 10.6 Å². The molecule has 0 fully saturated rings. The first kappa shape index (κ1) is 12.2. The standard InChI is InChI=1S/C12H16ClNO/c1-3-4-11(14-2)12(15)9-5-7-10(13)8-6-9/h5-8,11,14H,3-4H2,1-2H3/t11-/m0/s1. The van der Waals surface area contributed by atoms with E-state index in [9.17, 15) is 4.79 Å². The maximum atomic E-state index is 12.0. The van der Waals surface area contributed by atoms with Crippen molar-refractivity contribution in [3.63, 3.8) is 0 Å². The van der Waals surface area contributed by atoms with Crippen LogP contribution in [0.4, 0.5) is 0 Å². The van der Waals surface area contributed by atoms with Gasteiger partial charge in [0.1, 0.15) is 0 Å². The molecule has 0 saturated heterocycles. The second-order valence-corrected chi connectivity index (χ2v) is 3.94. The minimum Gasteiger partial charge on any atom is -0.310 e. The van der Waals surface area contributed by atoms with Crippen LogP contribution in [-0.4, -0.2) is 18.9 Å². The SMILES string of the molecule is CCC[C@H](NC)C(=O)c1ccc(Cl)cc1. The van der Waals surface area contributed by atoms with Gasteiger partial charge in [0.05, 0.1) is 6.04 Å². The molecule has 0 aromatic heterocycles. The number of hydrogen-bond acceptors (Lipinski definition) is 2. The number of Topliss-reactive ketones (excluding diaryl/α,β-unsaturated/α-hetero) is 1. The number of rotatable bonds is 5. The van der Waals surface area contributed by atoms with Gasteiger partial charge in [-0.25, -0.2) is 0 Å². The van der Waals surface area contributed by atoms with Crippen molar-refractivity contribution in [1.82, 2.24) is 5.32 Å². The molecule has 0 bridgehead atoms. The fourth-order valence-corrected chi connectivity index (χ4v) is 1.64. The Bertz CT molecular complexity index is 321. The zero-order chi connectivity index (χ0) is 11.3. The Balaban J connectivity index is 2.78. The summed E-state index contributed by atoms with van der Waals surface area (Å²) in [6.07, 6.45) is 1.85. The molecule has 0 unspecified atom stereocenters. The van der Waals surface area contributed by atoms with E-state index in [2.05, 4.69) is 12.2 Å². The number of hydrogen-bond donors (Lipinski definition) is 1. The summed E-state index contributed by atoms with van der Waals surface area (Å²) in [4.78, 5) is 12.0. The van der Waals surface area contributed by atoms with Gasteiger partial charge in [0.15, 0.2) is 5.78 Å². The molecule has 82 valence electrons. The zero-order valence-corrected chi connectivity index (χ0v) is 9.84. The van der Waals surface area contributed by atoms with Crippen LogP contribution < -0.4 is 5.32 Å². The lowest BCUT2D eigenvalue weighted by atomic mass is 10.0. The molecule has 0 radical (unpaired) electrons. The summed E-state index contributed by atoms with van der Waals surface area (Å²) in [7, 11) is 1.81. The molecule has 1 rings (SSSR count). The van der Waals surface area contributed by atoms with Crippen molar-refractivity contribution in [3.05, 3.63) is 34.9 Å². The minimum absolute atomic E-state index is 0.0869. The van der Waals surface area contributed by atoms with Gasteiger partial charge in [-0.15, -0.1) is 0 Å². The van der Waals surface area contributed by atoms with Gasteiger partial charge in [-0.3, -0.25) is 4.79 Å². The van der Waals surface area contributed by atoms with Crippen molar-refractivity contribution in [2.24, 2.45) is 0 Å². The van der Waals surface area contributed by atoms with Crippen molar-refractivity contribution in [2.75, 3.05) is 7.05 Å². The lowest BCUT2D eigenvalue weighted by molar-refractivity contribution is 0.0942. The van der Waals surface area contributed by atoms with Crippen molar-refractivity contribution in [1.29, 1.82) is 0 Å². The number of benzene rings is 1. The molecule has 0 saturated carbocycles. The molecule has 0 spiro atoms. The van der Waals surface area contributed by atoms with Crippen LogP contribution in [0, 0.1) is 0 Å². The van der Waals surface area contributed by atoms with Crippen LogP contribution in [-0.2, 0) is 0 Å². The van der Waals surface area contributed by atoms with Crippen molar-refractivity contribution in [3.8, 4) is 0 Å². The van der Waals surface area contributed by atoms with Crippen LogP contribution in [0.5, 0.6) is 0 Å². The maximum Gasteiger partial charge on any atom is 0.179 e. The molecule has 0 aliphatic rings. The molecule has 15 heavy (non-hydrogen) atoms. The van der Waals surface area contributed by atoms with E-state index in [0.29, 0.717) is 10.6 Å². The second-order valence-electron chi connectivity index (χ2n) is 3.50. The molecular weight excluding hydrogens is 210 g/mol. The molecule has 2 nitrogen and oxygen atoms in total. The predicted octanol–water partition coefficient (Wildman–Crippen LogP) is 2.91. The van der Waals surface area contributed by atoms with Crippen LogP contribution in [0.2, 0.25) is 5.02 Å². The summed E-state index contributed by atoms with van der Waals surface area (Å²) < 4.78 is 0. The number of ketones is 1. The molecule has 1 N–H and O–H groups in total. The van der Waals surface area contributed by atoms with Gasteiger partial charge >= 0.3 is 0 Å². The minimum atomic E-state index is -0.0869. The molecular formula is C12H16ClNO.